The summed E-state index contributed by atoms with van der Waals surface area (Å²) in [4.78, 5) is 10.7. The van der Waals surface area contributed by atoms with Crippen LogP contribution in [0, 0.1) is 0 Å². The number of furan rings is 1. The Hall–Kier alpha value is -2.30. The van der Waals surface area contributed by atoms with Crippen LogP contribution in [0.25, 0.3) is 21.9 Å². The predicted molar refractivity (Wildman–Crippen MR) is 66.1 cm³/mol. The maximum atomic E-state index is 10.7. The zero-order chi connectivity index (χ0) is 12.5. The molecule has 0 saturated heterocycles. The van der Waals surface area contributed by atoms with E-state index >= 15 is 0 Å². The first-order valence-corrected chi connectivity index (χ1v) is 5.71. The fourth-order valence-corrected chi connectivity index (χ4v) is 2.07. The molecule has 0 amide bonds. The smallest absolute Gasteiger partial charge is 0.302 e. The van der Waals surface area contributed by atoms with Crippen LogP contribution in [0.15, 0.2) is 35.1 Å². The van der Waals surface area contributed by atoms with Gasteiger partial charge in [0.25, 0.3) is 0 Å². The lowest BCUT2D eigenvalue weighted by Crippen LogP contribution is -2.09. The van der Waals surface area contributed by atoms with E-state index in [1.165, 1.54) is 6.92 Å². The minimum atomic E-state index is -0.278. The molecule has 0 spiro atoms. The molecule has 0 bridgehead atoms. The van der Waals surface area contributed by atoms with Gasteiger partial charge in [-0.25, -0.2) is 0 Å². The Morgan fingerprint density at radius 1 is 1.44 bits per heavy atom. The number of esters is 1. The summed E-state index contributed by atoms with van der Waals surface area (Å²) < 4.78 is 12.1. The molecule has 2 heterocycles. The van der Waals surface area contributed by atoms with Gasteiger partial charge in [0.1, 0.15) is 12.2 Å². The van der Waals surface area contributed by atoms with E-state index in [-0.39, 0.29) is 5.97 Å². The van der Waals surface area contributed by atoms with Crippen molar-refractivity contribution >= 4 is 27.8 Å². The number of hydrogen-bond acceptors (Lipinski definition) is 4. The molecule has 5 nitrogen and oxygen atoms in total. The molecule has 92 valence electrons. The molecule has 0 aliphatic carbocycles. The summed E-state index contributed by atoms with van der Waals surface area (Å²) in [6.45, 7) is 2.25. The zero-order valence-electron chi connectivity index (χ0n) is 9.92. The molecule has 1 aromatic carbocycles. The van der Waals surface area contributed by atoms with Crippen molar-refractivity contribution in [1.82, 2.24) is 9.78 Å². The lowest BCUT2D eigenvalue weighted by Gasteiger charge is -2.04. The van der Waals surface area contributed by atoms with Crippen molar-refractivity contribution in [3.63, 3.8) is 0 Å². The summed E-state index contributed by atoms with van der Waals surface area (Å²) in [5.74, 6) is -0.278. The largest absolute Gasteiger partial charge is 0.464 e. The minimum Gasteiger partial charge on any atom is -0.464 e. The highest BCUT2D eigenvalue weighted by Gasteiger charge is 2.09. The number of benzene rings is 1. The second-order valence-corrected chi connectivity index (χ2v) is 4.04. The molecule has 2 aromatic heterocycles. The van der Waals surface area contributed by atoms with Crippen molar-refractivity contribution in [2.45, 2.75) is 13.5 Å². The zero-order valence-corrected chi connectivity index (χ0v) is 9.92. The number of rotatable bonds is 3. The van der Waals surface area contributed by atoms with Crippen LogP contribution < -0.4 is 0 Å². The second-order valence-electron chi connectivity index (χ2n) is 4.04. The molecule has 0 saturated carbocycles. The summed E-state index contributed by atoms with van der Waals surface area (Å²) in [6.07, 6.45) is 3.46. The summed E-state index contributed by atoms with van der Waals surface area (Å²) in [5.41, 5.74) is 1.84. The summed E-state index contributed by atoms with van der Waals surface area (Å²) in [5, 5.41) is 6.37. The highest BCUT2D eigenvalue weighted by atomic mass is 16.5. The molecule has 3 rings (SSSR count). The van der Waals surface area contributed by atoms with Gasteiger partial charge >= 0.3 is 5.97 Å². The third-order valence-corrected chi connectivity index (χ3v) is 2.84. The van der Waals surface area contributed by atoms with Gasteiger partial charge in [-0.15, -0.1) is 0 Å². The molecule has 0 aliphatic rings. The van der Waals surface area contributed by atoms with E-state index in [2.05, 4.69) is 5.10 Å². The van der Waals surface area contributed by atoms with E-state index in [0.29, 0.717) is 13.2 Å². The normalized spacial score (nSPS) is 11.2. The third-order valence-electron chi connectivity index (χ3n) is 2.84. The van der Waals surface area contributed by atoms with Gasteiger partial charge in [0.05, 0.1) is 24.5 Å². The Balaban J connectivity index is 2.01. The maximum absolute atomic E-state index is 10.7. The number of hydrogen-bond donors (Lipinski definition) is 0. The third kappa shape index (κ3) is 1.73. The SMILES string of the molecule is CC(=O)OCCn1ncc2ccc3occc3c21. The van der Waals surface area contributed by atoms with E-state index in [0.717, 1.165) is 21.9 Å². The van der Waals surface area contributed by atoms with Gasteiger partial charge in [-0.2, -0.15) is 5.10 Å². The van der Waals surface area contributed by atoms with Gasteiger partial charge in [-0.05, 0) is 18.2 Å². The predicted octanol–water partition coefficient (Wildman–Crippen LogP) is 2.35. The number of carbonyl (C=O) groups excluding carboxylic acids is 1. The monoisotopic (exact) mass is 244 g/mol. The molecule has 0 aliphatic heterocycles. The molecule has 18 heavy (non-hydrogen) atoms. The van der Waals surface area contributed by atoms with Crippen molar-refractivity contribution in [2.24, 2.45) is 0 Å². The number of ether oxygens (including phenoxy) is 1. The Morgan fingerprint density at radius 3 is 3.17 bits per heavy atom. The fourth-order valence-electron chi connectivity index (χ4n) is 2.07. The minimum absolute atomic E-state index is 0.278. The Bertz CT molecular complexity index is 711. The first-order chi connectivity index (χ1) is 8.75. The molecule has 3 aromatic rings. The van der Waals surface area contributed by atoms with Crippen molar-refractivity contribution in [2.75, 3.05) is 6.61 Å². The molecule has 0 N–H and O–H groups in total. The van der Waals surface area contributed by atoms with Crippen LogP contribution in [0.1, 0.15) is 6.92 Å². The van der Waals surface area contributed by atoms with E-state index in [1.807, 2.05) is 22.9 Å². The van der Waals surface area contributed by atoms with Crippen LogP contribution in [0.2, 0.25) is 0 Å². The highest BCUT2D eigenvalue weighted by molar-refractivity contribution is 6.03. The number of nitrogens with zero attached hydrogens (tertiary/aromatic N) is 2. The van der Waals surface area contributed by atoms with Crippen molar-refractivity contribution in [3.05, 3.63) is 30.7 Å². The van der Waals surface area contributed by atoms with Crippen molar-refractivity contribution in [1.29, 1.82) is 0 Å². The maximum Gasteiger partial charge on any atom is 0.302 e. The lowest BCUT2D eigenvalue weighted by molar-refractivity contribution is -0.141. The van der Waals surface area contributed by atoms with E-state index in [9.17, 15) is 4.79 Å². The standard InChI is InChI=1S/C13H12N2O3/c1-9(16)17-7-5-15-13-10(8-14-15)2-3-12-11(13)4-6-18-12/h2-4,6,8H,5,7H2,1H3. The summed E-state index contributed by atoms with van der Waals surface area (Å²) in [7, 11) is 0. The molecule has 5 heteroatoms. The van der Waals surface area contributed by atoms with Gasteiger partial charge in [0.2, 0.25) is 0 Å². The van der Waals surface area contributed by atoms with E-state index < -0.39 is 0 Å². The van der Waals surface area contributed by atoms with E-state index in [1.54, 1.807) is 12.5 Å². The van der Waals surface area contributed by atoms with E-state index in [4.69, 9.17) is 9.15 Å². The van der Waals surface area contributed by atoms with Crippen LogP contribution in [0.4, 0.5) is 0 Å². The molecular formula is C13H12N2O3. The van der Waals surface area contributed by atoms with Gasteiger partial charge in [-0.3, -0.25) is 9.48 Å². The molecule has 0 radical (unpaired) electrons. The van der Waals surface area contributed by atoms with Gasteiger partial charge < -0.3 is 9.15 Å². The highest BCUT2D eigenvalue weighted by Crippen LogP contribution is 2.25. The van der Waals surface area contributed by atoms with Gasteiger partial charge in [0.15, 0.2) is 0 Å². The summed E-state index contributed by atoms with van der Waals surface area (Å²) >= 11 is 0. The fraction of sp³-hybridized carbons (Fsp3) is 0.231. The van der Waals surface area contributed by atoms with Crippen molar-refractivity contribution in [3.8, 4) is 0 Å². The second kappa shape index (κ2) is 4.18. The van der Waals surface area contributed by atoms with Crippen LogP contribution in [-0.2, 0) is 16.1 Å². The van der Waals surface area contributed by atoms with Gasteiger partial charge in [0, 0.05) is 17.7 Å². The number of fused-ring (bicyclic) bond motifs is 3. The Morgan fingerprint density at radius 2 is 2.33 bits per heavy atom. The Kier molecular flexibility index (Phi) is 2.51. The average Bonchev–Trinajstić information content (AvgIpc) is 2.93. The molecule has 0 atom stereocenters. The summed E-state index contributed by atoms with van der Waals surface area (Å²) in [6, 6.07) is 5.81. The lowest BCUT2D eigenvalue weighted by atomic mass is 10.2. The van der Waals surface area contributed by atoms with Crippen LogP contribution in [0.5, 0.6) is 0 Å². The molecular weight excluding hydrogens is 232 g/mol. The molecule has 0 fully saturated rings. The number of carbonyl (C=O) groups is 1. The number of aromatic nitrogens is 2. The van der Waals surface area contributed by atoms with Gasteiger partial charge in [-0.1, -0.05) is 0 Å². The van der Waals surface area contributed by atoms with Crippen molar-refractivity contribution < 1.29 is 13.9 Å². The van der Waals surface area contributed by atoms with Crippen LogP contribution in [0.3, 0.4) is 0 Å². The average molecular weight is 244 g/mol. The topological polar surface area (TPSA) is 57.3 Å². The quantitative estimate of drug-likeness (QED) is 0.663. The first kappa shape index (κ1) is 10.8. The van der Waals surface area contributed by atoms with Crippen LogP contribution >= 0.6 is 0 Å². The molecule has 0 unspecified atom stereocenters. The Labute approximate surface area is 103 Å². The first-order valence-electron chi connectivity index (χ1n) is 5.71. The van der Waals surface area contributed by atoms with Crippen LogP contribution in [-0.4, -0.2) is 22.4 Å².